The average molecular weight is 339 g/mol. The highest BCUT2D eigenvalue weighted by molar-refractivity contribution is 9.10. The third-order valence-electron chi connectivity index (χ3n) is 2.93. The van der Waals surface area contributed by atoms with E-state index in [9.17, 15) is 10.1 Å². The van der Waals surface area contributed by atoms with E-state index in [4.69, 9.17) is 4.42 Å². The molecule has 0 atom stereocenters. The topological polar surface area (TPSA) is 94.1 Å². The number of aromatic nitrogens is 2. The monoisotopic (exact) mass is 338 g/mol. The number of rotatable bonds is 5. The minimum absolute atomic E-state index is 0.0229. The van der Waals surface area contributed by atoms with Crippen molar-refractivity contribution in [3.8, 4) is 11.5 Å². The summed E-state index contributed by atoms with van der Waals surface area (Å²) in [4.78, 5) is 10.4. The summed E-state index contributed by atoms with van der Waals surface area (Å²) >= 11 is 3.24. The number of hydrogen-bond acceptors (Lipinski definition) is 6. The van der Waals surface area contributed by atoms with Crippen molar-refractivity contribution in [2.45, 2.75) is 25.4 Å². The van der Waals surface area contributed by atoms with E-state index in [0.29, 0.717) is 28.5 Å². The average Bonchev–Trinajstić information content (AvgIpc) is 3.12. The lowest BCUT2D eigenvalue weighted by Gasteiger charge is -1.98. The molecule has 1 heterocycles. The lowest BCUT2D eigenvalue weighted by atomic mass is 10.2. The Bertz CT molecular complexity index is 654. The molecule has 8 heteroatoms. The van der Waals surface area contributed by atoms with Gasteiger partial charge in [-0.15, -0.1) is 10.2 Å². The van der Waals surface area contributed by atoms with Gasteiger partial charge in [0.25, 0.3) is 5.69 Å². The van der Waals surface area contributed by atoms with Gasteiger partial charge in [0.1, 0.15) is 0 Å². The molecule has 104 valence electrons. The largest absolute Gasteiger partial charge is 0.419 e. The van der Waals surface area contributed by atoms with Crippen LogP contribution in [0.3, 0.4) is 0 Å². The number of nitro groups is 1. The van der Waals surface area contributed by atoms with Crippen molar-refractivity contribution < 1.29 is 9.34 Å². The molecule has 0 radical (unpaired) electrons. The Morgan fingerprint density at radius 3 is 2.90 bits per heavy atom. The molecule has 1 saturated carbocycles. The summed E-state index contributed by atoms with van der Waals surface area (Å²) < 4.78 is 6.10. The summed E-state index contributed by atoms with van der Waals surface area (Å²) in [5.74, 6) is 0.761. The Labute approximate surface area is 122 Å². The molecule has 1 aliphatic carbocycles. The van der Waals surface area contributed by atoms with Crippen LogP contribution in [0.15, 0.2) is 27.1 Å². The van der Waals surface area contributed by atoms with Gasteiger partial charge in [-0.2, -0.15) is 0 Å². The number of nitro benzene ring substituents is 1. The molecule has 0 spiro atoms. The molecule has 0 amide bonds. The molecule has 1 aliphatic rings. The molecule has 1 aromatic heterocycles. The summed E-state index contributed by atoms with van der Waals surface area (Å²) in [7, 11) is 0. The second-order valence-electron chi connectivity index (χ2n) is 4.61. The first kappa shape index (κ1) is 13.2. The first-order valence-corrected chi connectivity index (χ1v) is 6.92. The minimum Gasteiger partial charge on any atom is -0.419 e. The van der Waals surface area contributed by atoms with Crippen LogP contribution in [0.25, 0.3) is 11.5 Å². The molecule has 0 aliphatic heterocycles. The summed E-state index contributed by atoms with van der Waals surface area (Å²) in [6.45, 7) is 0.522. The van der Waals surface area contributed by atoms with Gasteiger partial charge in [0.2, 0.25) is 11.8 Å². The van der Waals surface area contributed by atoms with Crippen LogP contribution in [0.1, 0.15) is 18.7 Å². The molecule has 7 nitrogen and oxygen atoms in total. The van der Waals surface area contributed by atoms with Crippen LogP contribution in [-0.4, -0.2) is 21.2 Å². The Morgan fingerprint density at radius 2 is 2.20 bits per heavy atom. The summed E-state index contributed by atoms with van der Waals surface area (Å²) in [6, 6.07) is 5.10. The molecule has 3 rings (SSSR count). The fraction of sp³-hybridized carbons (Fsp3) is 0.333. The van der Waals surface area contributed by atoms with E-state index in [-0.39, 0.29) is 11.6 Å². The van der Waals surface area contributed by atoms with Gasteiger partial charge in [0.05, 0.1) is 11.5 Å². The summed E-state index contributed by atoms with van der Waals surface area (Å²) in [6.07, 6.45) is 2.36. The zero-order valence-electron chi connectivity index (χ0n) is 10.4. The van der Waals surface area contributed by atoms with Crippen LogP contribution < -0.4 is 5.32 Å². The number of halogens is 1. The molecular formula is C12H11BrN4O3. The minimum atomic E-state index is -0.458. The normalized spacial score (nSPS) is 14.4. The Hall–Kier alpha value is -1.80. The van der Waals surface area contributed by atoms with E-state index in [1.807, 2.05) is 0 Å². The zero-order chi connectivity index (χ0) is 14.1. The summed E-state index contributed by atoms with van der Waals surface area (Å²) in [5, 5.41) is 22.0. The standard InChI is InChI=1S/C12H11BrN4O3/c13-8-3-7(4-10(5-8)17(18)19)12-16-15-11(20-12)6-14-9-1-2-9/h3-5,9,14H,1-2,6H2. The quantitative estimate of drug-likeness (QED) is 0.665. The van der Waals surface area contributed by atoms with Crippen LogP contribution in [0.5, 0.6) is 0 Å². The Kier molecular flexibility index (Phi) is 3.49. The smallest absolute Gasteiger partial charge is 0.271 e. The Balaban J connectivity index is 1.82. The van der Waals surface area contributed by atoms with E-state index >= 15 is 0 Å². The van der Waals surface area contributed by atoms with Gasteiger partial charge in [0.15, 0.2) is 0 Å². The fourth-order valence-corrected chi connectivity index (χ4v) is 2.25. The SMILES string of the molecule is O=[N+]([O-])c1cc(Br)cc(-c2nnc(CNC3CC3)o2)c1. The molecule has 1 N–H and O–H groups in total. The van der Waals surface area contributed by atoms with Crippen molar-refractivity contribution in [3.63, 3.8) is 0 Å². The summed E-state index contributed by atoms with van der Waals surface area (Å²) in [5.41, 5.74) is 0.501. The van der Waals surface area contributed by atoms with E-state index in [1.54, 1.807) is 6.07 Å². The van der Waals surface area contributed by atoms with Crippen molar-refractivity contribution >= 4 is 21.6 Å². The first-order chi connectivity index (χ1) is 9.61. The maximum atomic E-state index is 10.8. The van der Waals surface area contributed by atoms with E-state index in [0.717, 1.165) is 0 Å². The van der Waals surface area contributed by atoms with Gasteiger partial charge in [-0.05, 0) is 18.9 Å². The van der Waals surface area contributed by atoms with Crippen molar-refractivity contribution in [2.75, 3.05) is 0 Å². The highest BCUT2D eigenvalue weighted by Gasteiger charge is 2.21. The van der Waals surface area contributed by atoms with Crippen molar-refractivity contribution in [2.24, 2.45) is 0 Å². The van der Waals surface area contributed by atoms with E-state index in [1.165, 1.54) is 25.0 Å². The third-order valence-corrected chi connectivity index (χ3v) is 3.38. The molecule has 1 aromatic carbocycles. The zero-order valence-corrected chi connectivity index (χ0v) is 12.0. The second-order valence-corrected chi connectivity index (χ2v) is 5.53. The highest BCUT2D eigenvalue weighted by atomic mass is 79.9. The third kappa shape index (κ3) is 3.02. The van der Waals surface area contributed by atoms with Gasteiger partial charge in [-0.1, -0.05) is 15.9 Å². The molecule has 2 aromatic rings. The van der Waals surface area contributed by atoms with Gasteiger partial charge in [-0.25, -0.2) is 0 Å². The fourth-order valence-electron chi connectivity index (χ4n) is 1.76. The van der Waals surface area contributed by atoms with Gasteiger partial charge in [0, 0.05) is 28.2 Å². The molecule has 0 unspecified atom stereocenters. The molecule has 20 heavy (non-hydrogen) atoms. The van der Waals surface area contributed by atoms with Crippen molar-refractivity contribution in [1.82, 2.24) is 15.5 Å². The number of nitrogens with one attached hydrogen (secondary N) is 1. The maximum Gasteiger partial charge on any atom is 0.271 e. The van der Waals surface area contributed by atoms with E-state index in [2.05, 4.69) is 31.4 Å². The molecule has 0 bridgehead atoms. The molecule has 1 fully saturated rings. The number of hydrogen-bond donors (Lipinski definition) is 1. The first-order valence-electron chi connectivity index (χ1n) is 6.13. The van der Waals surface area contributed by atoms with Crippen molar-refractivity contribution in [1.29, 1.82) is 0 Å². The van der Waals surface area contributed by atoms with Crippen LogP contribution in [0, 0.1) is 10.1 Å². The maximum absolute atomic E-state index is 10.8. The predicted molar refractivity (Wildman–Crippen MR) is 74.0 cm³/mol. The Morgan fingerprint density at radius 1 is 1.40 bits per heavy atom. The van der Waals surface area contributed by atoms with Crippen LogP contribution in [0.4, 0.5) is 5.69 Å². The van der Waals surface area contributed by atoms with E-state index < -0.39 is 4.92 Å². The van der Waals surface area contributed by atoms with Crippen molar-refractivity contribution in [3.05, 3.63) is 38.7 Å². The highest BCUT2D eigenvalue weighted by Crippen LogP contribution is 2.28. The molecule has 0 saturated heterocycles. The predicted octanol–water partition coefficient (Wildman–Crippen LogP) is 2.66. The number of non-ortho nitro benzene ring substituents is 1. The lowest BCUT2D eigenvalue weighted by molar-refractivity contribution is -0.384. The van der Waals surface area contributed by atoms with Gasteiger partial charge in [-0.3, -0.25) is 10.1 Å². The van der Waals surface area contributed by atoms with Crippen LogP contribution in [-0.2, 0) is 6.54 Å². The van der Waals surface area contributed by atoms with Gasteiger partial charge < -0.3 is 9.73 Å². The van der Waals surface area contributed by atoms with Crippen LogP contribution in [0.2, 0.25) is 0 Å². The number of nitrogens with zero attached hydrogens (tertiary/aromatic N) is 3. The molecular weight excluding hydrogens is 328 g/mol. The lowest BCUT2D eigenvalue weighted by Crippen LogP contribution is -2.15. The van der Waals surface area contributed by atoms with Gasteiger partial charge >= 0.3 is 0 Å². The van der Waals surface area contributed by atoms with Crippen LogP contribution >= 0.6 is 15.9 Å². The second kappa shape index (κ2) is 5.29. The number of benzene rings is 1.